The van der Waals surface area contributed by atoms with Crippen LogP contribution >= 0.6 is 12.2 Å². The summed E-state index contributed by atoms with van der Waals surface area (Å²) in [6, 6.07) is 14.8. The SMILES string of the molecule is CCCOc1cccc(C(=O)NC(=S)Nc2cccc(C)c2)c1. The molecule has 0 saturated heterocycles. The highest BCUT2D eigenvalue weighted by Gasteiger charge is 2.09. The maximum atomic E-state index is 12.2. The highest BCUT2D eigenvalue weighted by molar-refractivity contribution is 7.80. The van der Waals surface area contributed by atoms with Crippen molar-refractivity contribution in [2.45, 2.75) is 20.3 Å². The van der Waals surface area contributed by atoms with Crippen LogP contribution in [-0.2, 0) is 0 Å². The zero-order valence-electron chi connectivity index (χ0n) is 13.3. The quantitative estimate of drug-likeness (QED) is 0.817. The van der Waals surface area contributed by atoms with Crippen LogP contribution in [0.15, 0.2) is 48.5 Å². The van der Waals surface area contributed by atoms with Gasteiger partial charge in [-0.15, -0.1) is 0 Å². The number of carbonyl (C=O) groups excluding carboxylic acids is 1. The average molecular weight is 328 g/mol. The van der Waals surface area contributed by atoms with E-state index in [1.807, 2.05) is 44.2 Å². The molecular formula is C18H20N2O2S. The summed E-state index contributed by atoms with van der Waals surface area (Å²) in [5, 5.41) is 5.94. The molecule has 0 radical (unpaired) electrons. The summed E-state index contributed by atoms with van der Waals surface area (Å²) >= 11 is 5.18. The molecular weight excluding hydrogens is 308 g/mol. The van der Waals surface area contributed by atoms with Gasteiger partial charge in [-0.3, -0.25) is 10.1 Å². The van der Waals surface area contributed by atoms with Crippen LogP contribution in [-0.4, -0.2) is 17.6 Å². The van der Waals surface area contributed by atoms with Gasteiger partial charge in [-0.25, -0.2) is 0 Å². The Morgan fingerprint density at radius 1 is 1.17 bits per heavy atom. The lowest BCUT2D eigenvalue weighted by molar-refractivity contribution is 0.0977. The maximum Gasteiger partial charge on any atom is 0.257 e. The molecule has 2 rings (SSSR count). The number of rotatable bonds is 5. The first-order valence-corrected chi connectivity index (χ1v) is 7.91. The smallest absolute Gasteiger partial charge is 0.257 e. The average Bonchev–Trinajstić information content (AvgIpc) is 2.53. The largest absolute Gasteiger partial charge is 0.494 e. The van der Waals surface area contributed by atoms with Crippen LogP contribution in [0.25, 0.3) is 0 Å². The molecule has 0 aliphatic heterocycles. The Bertz CT molecular complexity index is 701. The Balaban J connectivity index is 1.97. The molecule has 1 amide bonds. The van der Waals surface area contributed by atoms with Gasteiger partial charge >= 0.3 is 0 Å². The lowest BCUT2D eigenvalue weighted by atomic mass is 10.2. The summed E-state index contributed by atoms with van der Waals surface area (Å²) in [4.78, 5) is 12.2. The first kappa shape index (κ1) is 17.0. The van der Waals surface area contributed by atoms with Gasteiger partial charge in [0.25, 0.3) is 5.91 Å². The van der Waals surface area contributed by atoms with Crippen LogP contribution in [0.3, 0.4) is 0 Å². The second-order valence-corrected chi connectivity index (χ2v) is 5.56. The molecule has 0 aliphatic carbocycles. The molecule has 0 bridgehead atoms. The summed E-state index contributed by atoms with van der Waals surface area (Å²) in [5.74, 6) is 0.411. The first-order valence-electron chi connectivity index (χ1n) is 7.50. The standard InChI is InChI=1S/C18H20N2O2S/c1-3-10-22-16-9-5-7-14(12-16)17(21)20-18(23)19-15-8-4-6-13(2)11-15/h4-9,11-12H,3,10H2,1-2H3,(H2,19,20,21,23). The van der Waals surface area contributed by atoms with E-state index in [9.17, 15) is 4.79 Å². The van der Waals surface area contributed by atoms with E-state index in [0.717, 1.165) is 17.7 Å². The monoisotopic (exact) mass is 328 g/mol. The van der Waals surface area contributed by atoms with Crippen molar-refractivity contribution in [2.24, 2.45) is 0 Å². The number of hydrogen-bond donors (Lipinski definition) is 2. The molecule has 2 aromatic rings. The van der Waals surface area contributed by atoms with E-state index in [2.05, 4.69) is 10.6 Å². The van der Waals surface area contributed by atoms with Crippen LogP contribution in [0, 0.1) is 6.92 Å². The molecule has 23 heavy (non-hydrogen) atoms. The third-order valence-electron chi connectivity index (χ3n) is 3.07. The predicted molar refractivity (Wildman–Crippen MR) is 97.1 cm³/mol. The van der Waals surface area contributed by atoms with E-state index in [-0.39, 0.29) is 11.0 Å². The van der Waals surface area contributed by atoms with Crippen LogP contribution in [0.4, 0.5) is 5.69 Å². The maximum absolute atomic E-state index is 12.2. The molecule has 0 aromatic heterocycles. The molecule has 5 heteroatoms. The molecule has 0 spiro atoms. The Labute approximate surface area is 141 Å². The van der Waals surface area contributed by atoms with Gasteiger partial charge in [-0.05, 0) is 61.5 Å². The fraction of sp³-hybridized carbons (Fsp3) is 0.222. The van der Waals surface area contributed by atoms with Gasteiger partial charge in [-0.2, -0.15) is 0 Å². The fourth-order valence-electron chi connectivity index (χ4n) is 2.01. The minimum Gasteiger partial charge on any atom is -0.494 e. The van der Waals surface area contributed by atoms with Crippen LogP contribution in [0.5, 0.6) is 5.75 Å². The number of carbonyl (C=O) groups is 1. The summed E-state index contributed by atoms with van der Waals surface area (Å²) in [6.07, 6.45) is 0.918. The number of aryl methyl sites for hydroxylation is 1. The summed E-state index contributed by atoms with van der Waals surface area (Å²) in [6.45, 7) is 4.65. The number of anilines is 1. The van der Waals surface area contributed by atoms with Crippen molar-refractivity contribution in [3.63, 3.8) is 0 Å². The Morgan fingerprint density at radius 2 is 1.96 bits per heavy atom. The van der Waals surface area contributed by atoms with Crippen molar-refractivity contribution in [1.82, 2.24) is 5.32 Å². The highest BCUT2D eigenvalue weighted by Crippen LogP contribution is 2.14. The normalized spacial score (nSPS) is 10.0. The second-order valence-electron chi connectivity index (χ2n) is 5.15. The Kier molecular flexibility index (Phi) is 6.11. The minimum atomic E-state index is -0.267. The van der Waals surface area contributed by atoms with Crippen molar-refractivity contribution >= 4 is 28.9 Å². The van der Waals surface area contributed by atoms with E-state index in [4.69, 9.17) is 17.0 Å². The summed E-state index contributed by atoms with van der Waals surface area (Å²) < 4.78 is 5.53. The molecule has 2 aromatic carbocycles. The van der Waals surface area contributed by atoms with Gasteiger partial charge in [0.05, 0.1) is 6.61 Å². The van der Waals surface area contributed by atoms with Gasteiger partial charge in [0.15, 0.2) is 5.11 Å². The number of ether oxygens (including phenoxy) is 1. The predicted octanol–water partition coefficient (Wildman–Crippen LogP) is 3.91. The highest BCUT2D eigenvalue weighted by atomic mass is 32.1. The van der Waals surface area contributed by atoms with Crippen LogP contribution < -0.4 is 15.4 Å². The van der Waals surface area contributed by atoms with Crippen LogP contribution in [0.2, 0.25) is 0 Å². The van der Waals surface area contributed by atoms with E-state index in [1.54, 1.807) is 18.2 Å². The van der Waals surface area contributed by atoms with Gasteiger partial charge in [0.1, 0.15) is 5.75 Å². The zero-order chi connectivity index (χ0) is 16.7. The van der Waals surface area contributed by atoms with Gasteiger partial charge < -0.3 is 10.1 Å². The lowest BCUT2D eigenvalue weighted by Crippen LogP contribution is -2.34. The molecule has 2 N–H and O–H groups in total. The third-order valence-corrected chi connectivity index (χ3v) is 3.28. The number of hydrogen-bond acceptors (Lipinski definition) is 3. The molecule has 0 unspecified atom stereocenters. The third kappa shape index (κ3) is 5.38. The van der Waals surface area contributed by atoms with Crippen molar-refractivity contribution in [1.29, 1.82) is 0 Å². The van der Waals surface area contributed by atoms with Crippen molar-refractivity contribution in [3.05, 3.63) is 59.7 Å². The van der Waals surface area contributed by atoms with Gasteiger partial charge in [0, 0.05) is 11.3 Å². The number of benzene rings is 2. The van der Waals surface area contributed by atoms with E-state index < -0.39 is 0 Å². The molecule has 0 atom stereocenters. The number of amides is 1. The number of thiocarbonyl (C=S) groups is 1. The van der Waals surface area contributed by atoms with Crippen LogP contribution in [0.1, 0.15) is 29.3 Å². The first-order chi connectivity index (χ1) is 11.1. The summed E-state index contributed by atoms with van der Waals surface area (Å²) in [5.41, 5.74) is 2.47. The zero-order valence-corrected chi connectivity index (χ0v) is 14.1. The van der Waals surface area contributed by atoms with Crippen molar-refractivity contribution < 1.29 is 9.53 Å². The number of nitrogens with one attached hydrogen (secondary N) is 2. The summed E-state index contributed by atoms with van der Waals surface area (Å²) in [7, 11) is 0. The van der Waals surface area contributed by atoms with E-state index in [0.29, 0.717) is 17.9 Å². The molecule has 0 fully saturated rings. The minimum absolute atomic E-state index is 0.264. The molecule has 0 aliphatic rings. The van der Waals surface area contributed by atoms with Gasteiger partial charge in [-0.1, -0.05) is 25.1 Å². The van der Waals surface area contributed by atoms with Gasteiger partial charge in [0.2, 0.25) is 0 Å². The molecule has 120 valence electrons. The molecule has 4 nitrogen and oxygen atoms in total. The van der Waals surface area contributed by atoms with Crippen molar-refractivity contribution in [3.8, 4) is 5.75 Å². The molecule has 0 saturated carbocycles. The Hall–Kier alpha value is -2.40. The van der Waals surface area contributed by atoms with E-state index >= 15 is 0 Å². The second kappa shape index (κ2) is 8.29. The van der Waals surface area contributed by atoms with E-state index in [1.165, 1.54) is 0 Å². The topological polar surface area (TPSA) is 50.4 Å². The van der Waals surface area contributed by atoms with Crippen molar-refractivity contribution in [2.75, 3.05) is 11.9 Å². The molecule has 0 heterocycles. The lowest BCUT2D eigenvalue weighted by Gasteiger charge is -2.11. The Morgan fingerprint density at radius 3 is 2.70 bits per heavy atom. The fourth-order valence-corrected chi connectivity index (χ4v) is 2.22.